The summed E-state index contributed by atoms with van der Waals surface area (Å²) in [5.41, 5.74) is 3.39. The van der Waals surface area contributed by atoms with Gasteiger partial charge in [0, 0.05) is 17.5 Å². The van der Waals surface area contributed by atoms with E-state index in [0.29, 0.717) is 34.3 Å². The first-order chi connectivity index (χ1) is 14.5. The Bertz CT molecular complexity index is 1100. The van der Waals surface area contributed by atoms with E-state index in [1.807, 2.05) is 30.3 Å². The Balaban J connectivity index is 1.53. The molecule has 0 saturated heterocycles. The SMILES string of the molecule is COc1ccc(OC)c(-c2cc(Cl)c3c(c2)CC(CNC(=O)c2snnc2C)O3)c1. The lowest BCUT2D eigenvalue weighted by Crippen LogP contribution is -2.34. The van der Waals surface area contributed by atoms with Gasteiger partial charge >= 0.3 is 0 Å². The number of nitrogens with one attached hydrogen (secondary N) is 1. The van der Waals surface area contributed by atoms with Gasteiger partial charge in [-0.3, -0.25) is 4.79 Å². The molecule has 1 N–H and O–H groups in total. The quantitative estimate of drug-likeness (QED) is 0.619. The summed E-state index contributed by atoms with van der Waals surface area (Å²) in [6.45, 7) is 2.12. The van der Waals surface area contributed by atoms with Gasteiger partial charge in [-0.15, -0.1) is 5.10 Å². The summed E-state index contributed by atoms with van der Waals surface area (Å²) in [5, 5.41) is 7.27. The van der Waals surface area contributed by atoms with Gasteiger partial charge in [0.1, 0.15) is 28.2 Å². The second-order valence-electron chi connectivity index (χ2n) is 6.85. The maximum absolute atomic E-state index is 12.3. The molecule has 0 aliphatic carbocycles. The smallest absolute Gasteiger partial charge is 0.265 e. The zero-order valence-electron chi connectivity index (χ0n) is 16.7. The van der Waals surface area contributed by atoms with Gasteiger partial charge in [-0.25, -0.2) is 0 Å². The lowest BCUT2D eigenvalue weighted by atomic mass is 9.99. The second kappa shape index (κ2) is 8.49. The molecule has 1 atom stereocenters. The highest BCUT2D eigenvalue weighted by Gasteiger charge is 2.27. The molecule has 1 amide bonds. The average molecular weight is 446 g/mol. The predicted octanol–water partition coefficient (Wildman–Crippen LogP) is 3.92. The Morgan fingerprint density at radius 3 is 2.83 bits per heavy atom. The van der Waals surface area contributed by atoms with Crippen LogP contribution in [0.3, 0.4) is 0 Å². The van der Waals surface area contributed by atoms with E-state index in [9.17, 15) is 4.79 Å². The van der Waals surface area contributed by atoms with Crippen molar-refractivity contribution in [1.29, 1.82) is 0 Å². The number of carbonyl (C=O) groups excluding carboxylic acids is 1. The maximum Gasteiger partial charge on any atom is 0.265 e. The van der Waals surface area contributed by atoms with Gasteiger partial charge in [0.2, 0.25) is 0 Å². The Labute approximate surface area is 183 Å². The fourth-order valence-corrected chi connectivity index (χ4v) is 4.28. The molecule has 1 aromatic heterocycles. The van der Waals surface area contributed by atoms with Crippen molar-refractivity contribution in [1.82, 2.24) is 14.9 Å². The Morgan fingerprint density at radius 2 is 2.13 bits per heavy atom. The van der Waals surface area contributed by atoms with Crippen molar-refractivity contribution in [3.05, 3.63) is 51.5 Å². The third-order valence-corrected chi connectivity index (χ3v) is 6.03. The second-order valence-corrected chi connectivity index (χ2v) is 8.02. The molecule has 0 radical (unpaired) electrons. The van der Waals surface area contributed by atoms with Gasteiger partial charge in [-0.1, -0.05) is 16.1 Å². The molecule has 156 valence electrons. The Kier molecular flexibility index (Phi) is 5.78. The summed E-state index contributed by atoms with van der Waals surface area (Å²) >= 11 is 7.60. The molecular formula is C21H20ClN3O4S. The van der Waals surface area contributed by atoms with Gasteiger partial charge in [-0.2, -0.15) is 0 Å². The van der Waals surface area contributed by atoms with E-state index in [0.717, 1.165) is 39.7 Å². The molecule has 2 heterocycles. The van der Waals surface area contributed by atoms with Crippen molar-refractivity contribution in [2.24, 2.45) is 0 Å². The van der Waals surface area contributed by atoms with Gasteiger partial charge in [-0.05, 0) is 54.4 Å². The van der Waals surface area contributed by atoms with Crippen LogP contribution in [0.2, 0.25) is 5.02 Å². The van der Waals surface area contributed by atoms with Crippen LogP contribution in [0.5, 0.6) is 17.2 Å². The van der Waals surface area contributed by atoms with Crippen molar-refractivity contribution in [2.45, 2.75) is 19.4 Å². The van der Waals surface area contributed by atoms with Crippen molar-refractivity contribution < 1.29 is 19.0 Å². The number of amides is 1. The number of nitrogens with zero attached hydrogens (tertiary/aromatic N) is 2. The summed E-state index contributed by atoms with van der Waals surface area (Å²) in [4.78, 5) is 12.8. The molecule has 0 fully saturated rings. The number of rotatable bonds is 6. The molecule has 30 heavy (non-hydrogen) atoms. The van der Waals surface area contributed by atoms with Crippen LogP contribution in [0.25, 0.3) is 11.1 Å². The van der Waals surface area contributed by atoms with Crippen LogP contribution in [-0.4, -0.2) is 42.4 Å². The first kappa shape index (κ1) is 20.4. The largest absolute Gasteiger partial charge is 0.497 e. The van der Waals surface area contributed by atoms with Crippen LogP contribution >= 0.6 is 23.1 Å². The Morgan fingerprint density at radius 1 is 1.30 bits per heavy atom. The zero-order valence-corrected chi connectivity index (χ0v) is 18.3. The van der Waals surface area contributed by atoms with Crippen LogP contribution in [-0.2, 0) is 6.42 Å². The van der Waals surface area contributed by atoms with Gasteiger partial charge < -0.3 is 19.5 Å². The summed E-state index contributed by atoms with van der Waals surface area (Å²) in [6.07, 6.45) is 0.431. The van der Waals surface area contributed by atoms with Crippen LogP contribution in [0.15, 0.2) is 30.3 Å². The predicted molar refractivity (Wildman–Crippen MR) is 115 cm³/mol. The third-order valence-electron chi connectivity index (χ3n) is 4.92. The van der Waals surface area contributed by atoms with Crippen molar-refractivity contribution in [3.63, 3.8) is 0 Å². The van der Waals surface area contributed by atoms with E-state index >= 15 is 0 Å². The average Bonchev–Trinajstić information content (AvgIpc) is 3.37. The number of aryl methyl sites for hydroxylation is 1. The standard InChI is InChI=1S/C21H20ClN3O4S/c1-11-20(30-25-24-11)21(26)23-10-15-7-13-6-12(8-17(22)19(13)29-15)16-9-14(27-2)4-5-18(16)28-3/h4-6,8-9,15H,7,10H2,1-3H3,(H,23,26). The molecule has 7 nitrogen and oxygen atoms in total. The number of methoxy groups -OCH3 is 2. The van der Waals surface area contributed by atoms with E-state index in [1.54, 1.807) is 21.1 Å². The minimum Gasteiger partial charge on any atom is -0.497 e. The van der Waals surface area contributed by atoms with Crippen LogP contribution in [0.4, 0.5) is 0 Å². The van der Waals surface area contributed by atoms with Crippen molar-refractivity contribution >= 4 is 29.0 Å². The first-order valence-corrected chi connectivity index (χ1v) is 10.4. The van der Waals surface area contributed by atoms with Gasteiger partial charge in [0.05, 0.1) is 31.5 Å². The van der Waals surface area contributed by atoms with Crippen LogP contribution in [0.1, 0.15) is 20.9 Å². The number of halogens is 1. The minimum absolute atomic E-state index is 0.199. The normalized spacial score (nSPS) is 14.7. The van der Waals surface area contributed by atoms with E-state index < -0.39 is 0 Å². The van der Waals surface area contributed by atoms with Crippen LogP contribution < -0.4 is 19.5 Å². The Hall–Kier alpha value is -2.84. The lowest BCUT2D eigenvalue weighted by Gasteiger charge is -2.13. The molecule has 1 aliphatic rings. The first-order valence-electron chi connectivity index (χ1n) is 9.28. The summed E-state index contributed by atoms with van der Waals surface area (Å²) in [7, 11) is 3.25. The topological polar surface area (TPSA) is 82.6 Å². The molecule has 3 aromatic rings. The molecule has 0 saturated carbocycles. The molecule has 0 bridgehead atoms. The zero-order chi connectivity index (χ0) is 21.3. The number of benzene rings is 2. The van der Waals surface area contributed by atoms with Gasteiger partial charge in [0.25, 0.3) is 5.91 Å². The number of hydrogen-bond donors (Lipinski definition) is 1. The van der Waals surface area contributed by atoms with Gasteiger partial charge in [0.15, 0.2) is 0 Å². The number of ether oxygens (including phenoxy) is 3. The highest BCUT2D eigenvalue weighted by Crippen LogP contribution is 2.42. The number of aromatic nitrogens is 2. The molecular weight excluding hydrogens is 426 g/mol. The molecule has 9 heteroatoms. The summed E-state index contributed by atoms with van der Waals surface area (Å²) in [5.74, 6) is 1.90. The van der Waals surface area contributed by atoms with Crippen molar-refractivity contribution in [3.8, 4) is 28.4 Å². The third kappa shape index (κ3) is 3.93. The monoisotopic (exact) mass is 445 g/mol. The number of carbonyl (C=O) groups is 1. The lowest BCUT2D eigenvalue weighted by molar-refractivity contribution is 0.0937. The van der Waals surface area contributed by atoms with E-state index in [-0.39, 0.29) is 12.0 Å². The number of hydrogen-bond acceptors (Lipinski definition) is 7. The molecule has 0 spiro atoms. The van der Waals surface area contributed by atoms with Crippen molar-refractivity contribution in [2.75, 3.05) is 20.8 Å². The number of fused-ring (bicyclic) bond motifs is 1. The highest BCUT2D eigenvalue weighted by molar-refractivity contribution is 7.08. The fourth-order valence-electron chi connectivity index (χ4n) is 3.42. The molecule has 2 aromatic carbocycles. The van der Waals surface area contributed by atoms with Crippen LogP contribution in [0, 0.1) is 6.92 Å². The van der Waals surface area contributed by atoms with E-state index in [2.05, 4.69) is 14.9 Å². The minimum atomic E-state index is -0.204. The van der Waals surface area contributed by atoms with E-state index in [4.69, 9.17) is 25.8 Å². The maximum atomic E-state index is 12.3. The molecule has 1 unspecified atom stereocenters. The molecule has 1 aliphatic heterocycles. The van der Waals surface area contributed by atoms with E-state index in [1.165, 1.54) is 0 Å². The molecule has 4 rings (SSSR count). The summed E-state index contributed by atoms with van der Waals surface area (Å²) in [6, 6.07) is 9.51. The highest BCUT2D eigenvalue weighted by atomic mass is 35.5. The summed E-state index contributed by atoms with van der Waals surface area (Å²) < 4.78 is 20.6. The fraction of sp³-hybridized carbons (Fsp3) is 0.286.